The smallest absolute Gasteiger partial charge is 0.0897 e. The lowest BCUT2D eigenvalue weighted by Crippen LogP contribution is -1.90. The van der Waals surface area contributed by atoms with Gasteiger partial charge in [0, 0.05) is 5.38 Å². The summed E-state index contributed by atoms with van der Waals surface area (Å²) in [6.45, 7) is 6.46. The zero-order chi connectivity index (χ0) is 7.56. The van der Waals surface area contributed by atoms with Crippen LogP contribution in [0.25, 0.3) is 0 Å². The maximum absolute atomic E-state index is 4.40. The molecule has 1 nitrogen and oxygen atoms in total. The summed E-state index contributed by atoms with van der Waals surface area (Å²) in [7, 11) is 0. The molecule has 0 saturated carbocycles. The Morgan fingerprint density at radius 2 is 2.40 bits per heavy atom. The predicted molar refractivity (Wildman–Crippen MR) is 45.6 cm³/mol. The van der Waals surface area contributed by atoms with E-state index >= 15 is 0 Å². The summed E-state index contributed by atoms with van der Waals surface area (Å²) >= 11 is 1.74. The number of rotatable bonds is 2. The van der Waals surface area contributed by atoms with E-state index in [-0.39, 0.29) is 0 Å². The van der Waals surface area contributed by atoms with Gasteiger partial charge in [-0.15, -0.1) is 11.3 Å². The van der Waals surface area contributed by atoms with Crippen LogP contribution in [-0.2, 0) is 0 Å². The summed E-state index contributed by atoms with van der Waals surface area (Å²) in [5, 5.41) is 3.33. The highest BCUT2D eigenvalue weighted by atomic mass is 32.1. The molecule has 1 aromatic rings. The first-order valence-electron chi connectivity index (χ1n) is 3.66. The molecule has 2 heteroatoms. The Balaban J connectivity index is 2.74. The SMILES string of the molecule is CCC(C)c1csc(C)n1. The topological polar surface area (TPSA) is 12.9 Å². The molecule has 0 aliphatic rings. The van der Waals surface area contributed by atoms with Gasteiger partial charge in [-0.3, -0.25) is 0 Å². The second-order valence-corrected chi connectivity index (χ2v) is 3.66. The second-order valence-electron chi connectivity index (χ2n) is 2.60. The molecule has 10 heavy (non-hydrogen) atoms. The van der Waals surface area contributed by atoms with Gasteiger partial charge in [-0.05, 0) is 19.3 Å². The van der Waals surface area contributed by atoms with Crippen molar-refractivity contribution in [2.75, 3.05) is 0 Å². The molecule has 0 saturated heterocycles. The van der Waals surface area contributed by atoms with Crippen LogP contribution in [0.2, 0.25) is 0 Å². The van der Waals surface area contributed by atoms with E-state index in [4.69, 9.17) is 0 Å². The highest BCUT2D eigenvalue weighted by Gasteiger charge is 2.04. The van der Waals surface area contributed by atoms with Gasteiger partial charge < -0.3 is 0 Å². The van der Waals surface area contributed by atoms with E-state index in [1.165, 1.54) is 17.1 Å². The van der Waals surface area contributed by atoms with Gasteiger partial charge >= 0.3 is 0 Å². The Hall–Kier alpha value is -0.370. The summed E-state index contributed by atoms with van der Waals surface area (Å²) in [6, 6.07) is 0. The highest BCUT2D eigenvalue weighted by molar-refractivity contribution is 7.09. The van der Waals surface area contributed by atoms with Crippen LogP contribution in [0.3, 0.4) is 0 Å². The summed E-state index contributed by atoms with van der Waals surface area (Å²) in [6.07, 6.45) is 1.18. The third-order valence-corrected chi connectivity index (χ3v) is 2.55. The van der Waals surface area contributed by atoms with Crippen LogP contribution in [0, 0.1) is 6.92 Å². The molecule has 56 valence electrons. The molecular weight excluding hydrogens is 142 g/mol. The lowest BCUT2D eigenvalue weighted by Gasteiger charge is -2.01. The molecule has 0 fully saturated rings. The Kier molecular flexibility index (Phi) is 2.44. The summed E-state index contributed by atoms with van der Waals surface area (Å²) in [4.78, 5) is 4.40. The number of nitrogens with zero attached hydrogens (tertiary/aromatic N) is 1. The number of hydrogen-bond donors (Lipinski definition) is 0. The van der Waals surface area contributed by atoms with Crippen LogP contribution in [0.15, 0.2) is 5.38 Å². The minimum absolute atomic E-state index is 0.630. The van der Waals surface area contributed by atoms with Crippen LogP contribution in [-0.4, -0.2) is 4.98 Å². The molecule has 0 N–H and O–H groups in total. The largest absolute Gasteiger partial charge is 0.246 e. The standard InChI is InChI=1S/C8H13NS/c1-4-6(2)8-5-10-7(3)9-8/h5-6H,4H2,1-3H3. The minimum atomic E-state index is 0.630. The lowest BCUT2D eigenvalue weighted by molar-refractivity contribution is 0.712. The van der Waals surface area contributed by atoms with Gasteiger partial charge in [0.25, 0.3) is 0 Å². The molecular formula is C8H13NS. The van der Waals surface area contributed by atoms with E-state index in [9.17, 15) is 0 Å². The third-order valence-electron chi connectivity index (χ3n) is 1.75. The van der Waals surface area contributed by atoms with Crippen molar-refractivity contribution in [2.24, 2.45) is 0 Å². The fraction of sp³-hybridized carbons (Fsp3) is 0.625. The maximum atomic E-state index is 4.40. The van der Waals surface area contributed by atoms with Crippen molar-refractivity contribution in [1.82, 2.24) is 4.98 Å². The van der Waals surface area contributed by atoms with Crippen LogP contribution in [0.4, 0.5) is 0 Å². The predicted octanol–water partition coefficient (Wildman–Crippen LogP) is 2.97. The van der Waals surface area contributed by atoms with Crippen molar-refractivity contribution in [3.63, 3.8) is 0 Å². The van der Waals surface area contributed by atoms with E-state index in [1.54, 1.807) is 11.3 Å². The van der Waals surface area contributed by atoms with Gasteiger partial charge in [-0.25, -0.2) is 4.98 Å². The Labute approximate surface area is 66.1 Å². The molecule has 1 heterocycles. The van der Waals surface area contributed by atoms with Crippen molar-refractivity contribution in [2.45, 2.75) is 33.1 Å². The van der Waals surface area contributed by atoms with Gasteiger partial charge in [0.1, 0.15) is 0 Å². The van der Waals surface area contributed by atoms with E-state index in [1.807, 2.05) is 0 Å². The van der Waals surface area contributed by atoms with Crippen LogP contribution < -0.4 is 0 Å². The van der Waals surface area contributed by atoms with Crippen LogP contribution in [0.1, 0.15) is 36.9 Å². The van der Waals surface area contributed by atoms with Gasteiger partial charge in [-0.2, -0.15) is 0 Å². The molecule has 0 radical (unpaired) electrons. The molecule has 1 aromatic heterocycles. The molecule has 1 unspecified atom stereocenters. The number of hydrogen-bond acceptors (Lipinski definition) is 2. The average molecular weight is 155 g/mol. The zero-order valence-corrected chi connectivity index (χ0v) is 7.53. The first-order chi connectivity index (χ1) is 4.74. The third kappa shape index (κ3) is 1.57. The monoisotopic (exact) mass is 155 g/mol. The van der Waals surface area contributed by atoms with E-state index in [0.717, 1.165) is 0 Å². The van der Waals surface area contributed by atoms with Gasteiger partial charge in [-0.1, -0.05) is 13.8 Å². The molecule has 0 aliphatic heterocycles. The van der Waals surface area contributed by atoms with Crippen molar-refractivity contribution >= 4 is 11.3 Å². The lowest BCUT2D eigenvalue weighted by atomic mass is 10.1. The summed E-state index contributed by atoms with van der Waals surface area (Å²) in [5.74, 6) is 0.630. The molecule has 0 amide bonds. The molecule has 1 rings (SSSR count). The molecule has 0 aromatic carbocycles. The van der Waals surface area contributed by atoms with E-state index in [2.05, 4.69) is 31.1 Å². The number of aryl methyl sites for hydroxylation is 1. The van der Waals surface area contributed by atoms with E-state index in [0.29, 0.717) is 5.92 Å². The second kappa shape index (κ2) is 3.15. The van der Waals surface area contributed by atoms with E-state index < -0.39 is 0 Å². The maximum Gasteiger partial charge on any atom is 0.0897 e. The van der Waals surface area contributed by atoms with Gasteiger partial charge in [0.2, 0.25) is 0 Å². The molecule has 1 atom stereocenters. The molecule has 0 bridgehead atoms. The highest BCUT2D eigenvalue weighted by Crippen LogP contribution is 2.19. The van der Waals surface area contributed by atoms with Gasteiger partial charge in [0.15, 0.2) is 0 Å². The van der Waals surface area contributed by atoms with Crippen LogP contribution >= 0.6 is 11.3 Å². The van der Waals surface area contributed by atoms with Crippen molar-refractivity contribution in [3.8, 4) is 0 Å². The summed E-state index contributed by atoms with van der Waals surface area (Å²) in [5.41, 5.74) is 1.25. The molecule has 0 aliphatic carbocycles. The summed E-state index contributed by atoms with van der Waals surface area (Å²) < 4.78 is 0. The van der Waals surface area contributed by atoms with Crippen molar-refractivity contribution < 1.29 is 0 Å². The average Bonchev–Trinajstić information content (AvgIpc) is 2.34. The van der Waals surface area contributed by atoms with Crippen molar-refractivity contribution in [3.05, 3.63) is 16.1 Å². The van der Waals surface area contributed by atoms with Gasteiger partial charge in [0.05, 0.1) is 10.7 Å². The van der Waals surface area contributed by atoms with Crippen LogP contribution in [0.5, 0.6) is 0 Å². The molecule has 0 spiro atoms. The Bertz CT molecular complexity index is 205. The fourth-order valence-electron chi connectivity index (χ4n) is 0.816. The number of thiazole rings is 1. The Morgan fingerprint density at radius 1 is 1.70 bits per heavy atom. The first kappa shape index (κ1) is 7.73. The fourth-order valence-corrected chi connectivity index (χ4v) is 1.55. The number of aromatic nitrogens is 1. The van der Waals surface area contributed by atoms with Crippen molar-refractivity contribution in [1.29, 1.82) is 0 Å². The normalized spacial score (nSPS) is 13.5. The quantitative estimate of drug-likeness (QED) is 0.640. The zero-order valence-electron chi connectivity index (χ0n) is 6.72. The minimum Gasteiger partial charge on any atom is -0.246 e. The Morgan fingerprint density at radius 3 is 2.80 bits per heavy atom. The first-order valence-corrected chi connectivity index (χ1v) is 4.54.